The minimum atomic E-state index is 0.186. The lowest BCUT2D eigenvalue weighted by molar-refractivity contribution is -0.130. The maximum atomic E-state index is 11.8. The molecule has 1 rings (SSSR count). The van der Waals surface area contributed by atoms with Crippen LogP contribution in [0.15, 0.2) is 12.4 Å². The predicted molar refractivity (Wildman–Crippen MR) is 67.2 cm³/mol. The molecule has 0 saturated carbocycles. The summed E-state index contributed by atoms with van der Waals surface area (Å²) in [6, 6.07) is 0. The largest absolute Gasteiger partial charge is 0.341 e. The molecular weight excluding hydrogens is 216 g/mol. The summed E-state index contributed by atoms with van der Waals surface area (Å²) in [5, 5.41) is 4.08. The zero-order chi connectivity index (χ0) is 12.7. The first kappa shape index (κ1) is 13.7. The minimum absolute atomic E-state index is 0.186. The Bertz CT molecular complexity index is 348. The van der Waals surface area contributed by atoms with Gasteiger partial charge in [0.05, 0.1) is 6.20 Å². The monoisotopic (exact) mass is 238 g/mol. The van der Waals surface area contributed by atoms with Gasteiger partial charge in [-0.3, -0.25) is 9.48 Å². The van der Waals surface area contributed by atoms with E-state index in [4.69, 9.17) is 5.73 Å². The highest BCUT2D eigenvalue weighted by Crippen LogP contribution is 2.06. The lowest BCUT2D eigenvalue weighted by Crippen LogP contribution is -2.25. The topological polar surface area (TPSA) is 64.2 Å². The predicted octanol–water partition coefficient (Wildman–Crippen LogP) is 0.898. The first-order chi connectivity index (χ1) is 8.13. The Morgan fingerprint density at radius 3 is 2.82 bits per heavy atom. The van der Waals surface area contributed by atoms with Crippen LogP contribution in [0.25, 0.3) is 0 Å². The Kier molecular flexibility index (Phi) is 5.69. The van der Waals surface area contributed by atoms with Gasteiger partial charge in [0.2, 0.25) is 5.91 Å². The number of amides is 1. The molecule has 5 heteroatoms. The first-order valence-electron chi connectivity index (χ1n) is 6.05. The van der Waals surface area contributed by atoms with Gasteiger partial charge in [-0.15, -0.1) is 0 Å². The summed E-state index contributed by atoms with van der Waals surface area (Å²) in [6.07, 6.45) is 7.28. The lowest BCUT2D eigenvalue weighted by atomic mass is 10.2. The molecule has 0 saturated heterocycles. The zero-order valence-electron chi connectivity index (χ0n) is 10.7. The maximum Gasteiger partial charge on any atom is 0.222 e. The summed E-state index contributed by atoms with van der Waals surface area (Å²) in [4.78, 5) is 13.5. The highest BCUT2D eigenvalue weighted by molar-refractivity contribution is 5.75. The third kappa shape index (κ3) is 4.99. The summed E-state index contributed by atoms with van der Waals surface area (Å²) in [7, 11) is 3.70. The van der Waals surface area contributed by atoms with E-state index in [0.29, 0.717) is 19.5 Å². The number of unbranched alkanes of at least 4 members (excludes halogenated alkanes) is 2. The standard InChI is InChI=1S/C12H22N4O/c1-15(9-11-8-14-16(2)10-11)12(17)6-4-3-5-7-13/h8,10H,3-7,9,13H2,1-2H3. The lowest BCUT2D eigenvalue weighted by Gasteiger charge is -2.15. The van der Waals surface area contributed by atoms with E-state index in [-0.39, 0.29) is 5.91 Å². The van der Waals surface area contributed by atoms with E-state index in [1.54, 1.807) is 15.8 Å². The van der Waals surface area contributed by atoms with Crippen LogP contribution in [0.3, 0.4) is 0 Å². The normalized spacial score (nSPS) is 10.5. The molecule has 1 aromatic rings. The molecule has 0 radical (unpaired) electrons. The molecule has 1 aromatic heterocycles. The fourth-order valence-electron chi connectivity index (χ4n) is 1.70. The molecule has 2 N–H and O–H groups in total. The van der Waals surface area contributed by atoms with E-state index in [9.17, 15) is 4.79 Å². The van der Waals surface area contributed by atoms with Crippen molar-refractivity contribution in [3.05, 3.63) is 18.0 Å². The second kappa shape index (κ2) is 7.06. The number of carbonyl (C=O) groups excluding carboxylic acids is 1. The van der Waals surface area contributed by atoms with Crippen molar-refractivity contribution in [3.63, 3.8) is 0 Å². The van der Waals surface area contributed by atoms with E-state index in [0.717, 1.165) is 24.8 Å². The Hall–Kier alpha value is -1.36. The Balaban J connectivity index is 2.27. The number of nitrogens with two attached hydrogens (primary N) is 1. The molecule has 0 aromatic carbocycles. The van der Waals surface area contributed by atoms with Crippen molar-refractivity contribution in [2.45, 2.75) is 32.2 Å². The molecule has 0 aliphatic rings. The number of aryl methyl sites for hydroxylation is 1. The number of hydrogen-bond donors (Lipinski definition) is 1. The van der Waals surface area contributed by atoms with Crippen LogP contribution < -0.4 is 5.73 Å². The van der Waals surface area contributed by atoms with Gasteiger partial charge < -0.3 is 10.6 Å². The van der Waals surface area contributed by atoms with E-state index in [2.05, 4.69) is 5.10 Å². The molecular formula is C12H22N4O. The Labute approximate surface area is 103 Å². The summed E-state index contributed by atoms with van der Waals surface area (Å²) in [5.74, 6) is 0.186. The third-order valence-corrected chi connectivity index (χ3v) is 2.70. The number of nitrogens with zero attached hydrogens (tertiary/aromatic N) is 3. The van der Waals surface area contributed by atoms with Crippen molar-refractivity contribution >= 4 is 5.91 Å². The smallest absolute Gasteiger partial charge is 0.222 e. The number of carbonyl (C=O) groups is 1. The van der Waals surface area contributed by atoms with Crippen LogP contribution in [0, 0.1) is 0 Å². The summed E-state index contributed by atoms with van der Waals surface area (Å²) < 4.78 is 1.74. The van der Waals surface area contributed by atoms with E-state index in [1.165, 1.54) is 0 Å². The van der Waals surface area contributed by atoms with Crippen molar-refractivity contribution in [2.24, 2.45) is 12.8 Å². The van der Waals surface area contributed by atoms with Gasteiger partial charge in [0.25, 0.3) is 0 Å². The minimum Gasteiger partial charge on any atom is -0.341 e. The van der Waals surface area contributed by atoms with Gasteiger partial charge in [0.15, 0.2) is 0 Å². The fourth-order valence-corrected chi connectivity index (χ4v) is 1.70. The van der Waals surface area contributed by atoms with Crippen molar-refractivity contribution in [1.29, 1.82) is 0 Å². The third-order valence-electron chi connectivity index (χ3n) is 2.70. The molecule has 0 aliphatic carbocycles. The number of aromatic nitrogens is 2. The quantitative estimate of drug-likeness (QED) is 0.718. The molecule has 17 heavy (non-hydrogen) atoms. The molecule has 1 heterocycles. The van der Waals surface area contributed by atoms with Crippen LogP contribution in [0.1, 0.15) is 31.2 Å². The van der Waals surface area contributed by atoms with Crippen LogP contribution in [0.2, 0.25) is 0 Å². The molecule has 0 atom stereocenters. The molecule has 0 spiro atoms. The van der Waals surface area contributed by atoms with E-state index in [1.807, 2.05) is 20.3 Å². The molecule has 1 amide bonds. The van der Waals surface area contributed by atoms with Crippen LogP contribution in [0.4, 0.5) is 0 Å². The molecule has 5 nitrogen and oxygen atoms in total. The summed E-state index contributed by atoms with van der Waals surface area (Å²) in [6.45, 7) is 1.34. The first-order valence-corrected chi connectivity index (χ1v) is 6.05. The van der Waals surface area contributed by atoms with Crippen LogP contribution >= 0.6 is 0 Å². The zero-order valence-corrected chi connectivity index (χ0v) is 10.7. The van der Waals surface area contributed by atoms with Crippen LogP contribution in [-0.2, 0) is 18.4 Å². The van der Waals surface area contributed by atoms with Gasteiger partial charge in [-0.05, 0) is 19.4 Å². The van der Waals surface area contributed by atoms with E-state index >= 15 is 0 Å². The van der Waals surface area contributed by atoms with E-state index < -0.39 is 0 Å². The number of rotatable bonds is 7. The van der Waals surface area contributed by atoms with Crippen molar-refractivity contribution in [2.75, 3.05) is 13.6 Å². The maximum absolute atomic E-state index is 11.8. The molecule has 96 valence electrons. The highest BCUT2D eigenvalue weighted by atomic mass is 16.2. The van der Waals surface area contributed by atoms with Gasteiger partial charge in [-0.1, -0.05) is 6.42 Å². The highest BCUT2D eigenvalue weighted by Gasteiger charge is 2.09. The Morgan fingerprint density at radius 2 is 2.24 bits per heavy atom. The average molecular weight is 238 g/mol. The average Bonchev–Trinajstić information content (AvgIpc) is 2.70. The van der Waals surface area contributed by atoms with Gasteiger partial charge >= 0.3 is 0 Å². The van der Waals surface area contributed by atoms with Crippen molar-refractivity contribution in [1.82, 2.24) is 14.7 Å². The second-order valence-electron chi connectivity index (χ2n) is 4.37. The molecule has 0 unspecified atom stereocenters. The van der Waals surface area contributed by atoms with Gasteiger partial charge in [0, 0.05) is 38.8 Å². The SMILES string of the molecule is CN(Cc1cnn(C)c1)C(=O)CCCCCN. The number of hydrogen-bond acceptors (Lipinski definition) is 3. The molecule has 0 aliphatic heterocycles. The van der Waals surface area contributed by atoms with Gasteiger partial charge in [-0.25, -0.2) is 0 Å². The Morgan fingerprint density at radius 1 is 1.47 bits per heavy atom. The van der Waals surface area contributed by atoms with Gasteiger partial charge in [-0.2, -0.15) is 5.10 Å². The van der Waals surface area contributed by atoms with Crippen LogP contribution in [0.5, 0.6) is 0 Å². The van der Waals surface area contributed by atoms with Crippen molar-refractivity contribution < 1.29 is 4.79 Å². The summed E-state index contributed by atoms with van der Waals surface area (Å²) in [5.41, 5.74) is 6.47. The van der Waals surface area contributed by atoms with Crippen LogP contribution in [-0.4, -0.2) is 34.2 Å². The summed E-state index contributed by atoms with van der Waals surface area (Å²) >= 11 is 0. The molecule has 0 bridgehead atoms. The second-order valence-corrected chi connectivity index (χ2v) is 4.37. The van der Waals surface area contributed by atoms with Crippen molar-refractivity contribution in [3.8, 4) is 0 Å². The fraction of sp³-hybridized carbons (Fsp3) is 0.667. The van der Waals surface area contributed by atoms with Gasteiger partial charge in [0.1, 0.15) is 0 Å². The molecule has 0 fully saturated rings.